The summed E-state index contributed by atoms with van der Waals surface area (Å²) < 4.78 is 7.13. The molecule has 2 rings (SSSR count). The lowest BCUT2D eigenvalue weighted by molar-refractivity contribution is 0.0501. The molecule has 0 bridgehead atoms. The number of hydrogen-bond acceptors (Lipinski definition) is 3. The molecule has 1 fully saturated rings. The molecule has 1 N–H and O–H groups in total. The average Bonchev–Trinajstić information content (AvgIpc) is 3.04. The summed E-state index contributed by atoms with van der Waals surface area (Å²) in [5, 5.41) is 7.12. The molecule has 6 heteroatoms. The van der Waals surface area contributed by atoms with Crippen LogP contribution in [0.2, 0.25) is 0 Å². The number of nitrogens with one attached hydrogen (secondary N) is 1. The summed E-state index contributed by atoms with van der Waals surface area (Å²) in [5.41, 5.74) is 0.876. The Morgan fingerprint density at radius 2 is 2.38 bits per heavy atom. The van der Waals surface area contributed by atoms with Gasteiger partial charge in [-0.3, -0.25) is 4.68 Å². The van der Waals surface area contributed by atoms with Crippen LogP contribution in [0.4, 0.5) is 4.79 Å². The number of carbonyl (C=O) groups is 1. The monoisotopic (exact) mass is 294 g/mol. The van der Waals surface area contributed by atoms with E-state index < -0.39 is 0 Å². The van der Waals surface area contributed by atoms with E-state index in [1.165, 1.54) is 0 Å². The molecule has 21 heavy (non-hydrogen) atoms. The summed E-state index contributed by atoms with van der Waals surface area (Å²) in [5.74, 6) is 0. The Balaban J connectivity index is 1.99. The Morgan fingerprint density at radius 1 is 1.57 bits per heavy atom. The first kappa shape index (κ1) is 15.8. The molecule has 1 aromatic rings. The number of amides is 2. The van der Waals surface area contributed by atoms with E-state index in [2.05, 4.69) is 17.3 Å². The van der Waals surface area contributed by atoms with Gasteiger partial charge in [0.15, 0.2) is 0 Å². The SMILES string of the molecule is CCC[C@]1(COC)CCCN1C(=O)NCc1cnn(C)c1. The first-order chi connectivity index (χ1) is 10.1. The zero-order chi connectivity index (χ0) is 15.3. The number of rotatable bonds is 6. The first-order valence-corrected chi connectivity index (χ1v) is 7.63. The minimum atomic E-state index is -0.136. The summed E-state index contributed by atoms with van der Waals surface area (Å²) in [6.45, 7) is 4.09. The van der Waals surface area contributed by atoms with Gasteiger partial charge in [0, 0.05) is 39.0 Å². The molecule has 6 nitrogen and oxygen atoms in total. The van der Waals surface area contributed by atoms with Crippen molar-refractivity contribution in [3.05, 3.63) is 18.0 Å². The number of likely N-dealkylation sites (tertiary alicyclic amines) is 1. The summed E-state index contributed by atoms with van der Waals surface area (Å²) in [7, 11) is 3.58. The molecule has 1 aliphatic heterocycles. The Morgan fingerprint density at radius 3 is 3.00 bits per heavy atom. The third-order valence-electron chi connectivity index (χ3n) is 4.17. The second kappa shape index (κ2) is 6.93. The van der Waals surface area contributed by atoms with E-state index in [1.807, 2.05) is 18.1 Å². The topological polar surface area (TPSA) is 59.4 Å². The maximum atomic E-state index is 12.5. The fraction of sp³-hybridized carbons (Fsp3) is 0.733. The zero-order valence-electron chi connectivity index (χ0n) is 13.3. The quantitative estimate of drug-likeness (QED) is 0.872. The zero-order valence-corrected chi connectivity index (χ0v) is 13.3. The van der Waals surface area contributed by atoms with Gasteiger partial charge in [0.05, 0.1) is 18.3 Å². The van der Waals surface area contributed by atoms with Crippen LogP contribution in [0.25, 0.3) is 0 Å². The van der Waals surface area contributed by atoms with Crippen molar-refractivity contribution < 1.29 is 9.53 Å². The van der Waals surface area contributed by atoms with Crippen molar-refractivity contribution in [3.8, 4) is 0 Å². The first-order valence-electron chi connectivity index (χ1n) is 7.63. The summed E-state index contributed by atoms with van der Waals surface area (Å²) in [4.78, 5) is 14.5. The summed E-state index contributed by atoms with van der Waals surface area (Å²) in [6.07, 6.45) is 7.80. The second-order valence-corrected chi connectivity index (χ2v) is 5.84. The van der Waals surface area contributed by atoms with Crippen LogP contribution in [0.1, 0.15) is 38.2 Å². The number of aryl methyl sites for hydroxylation is 1. The normalized spacial score (nSPS) is 21.8. The molecule has 0 saturated carbocycles. The van der Waals surface area contributed by atoms with Gasteiger partial charge in [-0.1, -0.05) is 13.3 Å². The number of carbonyl (C=O) groups excluding carboxylic acids is 1. The van der Waals surface area contributed by atoms with Crippen molar-refractivity contribution in [3.63, 3.8) is 0 Å². The average molecular weight is 294 g/mol. The van der Waals surface area contributed by atoms with Crippen LogP contribution in [-0.4, -0.2) is 46.5 Å². The molecule has 118 valence electrons. The largest absolute Gasteiger partial charge is 0.382 e. The van der Waals surface area contributed by atoms with E-state index in [0.29, 0.717) is 13.2 Å². The van der Waals surface area contributed by atoms with Gasteiger partial charge in [-0.25, -0.2) is 4.79 Å². The molecular formula is C15H26N4O2. The highest BCUT2D eigenvalue weighted by Crippen LogP contribution is 2.34. The highest BCUT2D eigenvalue weighted by atomic mass is 16.5. The predicted molar refractivity (Wildman–Crippen MR) is 80.9 cm³/mol. The maximum absolute atomic E-state index is 12.5. The van der Waals surface area contributed by atoms with Crippen LogP contribution in [0, 0.1) is 0 Å². The summed E-state index contributed by atoms with van der Waals surface area (Å²) >= 11 is 0. The molecule has 0 aliphatic carbocycles. The maximum Gasteiger partial charge on any atom is 0.318 e. The van der Waals surface area contributed by atoms with Crippen molar-refractivity contribution in [1.82, 2.24) is 20.0 Å². The van der Waals surface area contributed by atoms with Crippen LogP contribution in [0.15, 0.2) is 12.4 Å². The number of nitrogens with zero attached hydrogens (tertiary/aromatic N) is 3. The Hall–Kier alpha value is -1.56. The Labute approximate surface area is 126 Å². The van der Waals surface area contributed by atoms with Gasteiger partial charge in [-0.2, -0.15) is 5.10 Å². The molecule has 1 aromatic heterocycles. The molecular weight excluding hydrogens is 268 g/mol. The van der Waals surface area contributed by atoms with Crippen LogP contribution in [-0.2, 0) is 18.3 Å². The van der Waals surface area contributed by atoms with Crippen molar-refractivity contribution in [2.24, 2.45) is 7.05 Å². The van der Waals surface area contributed by atoms with E-state index in [9.17, 15) is 4.79 Å². The Kier molecular flexibility index (Phi) is 5.22. The van der Waals surface area contributed by atoms with Crippen LogP contribution in [0.3, 0.4) is 0 Å². The lowest BCUT2D eigenvalue weighted by Crippen LogP contribution is -2.53. The lowest BCUT2D eigenvalue weighted by atomic mass is 9.91. The molecule has 1 saturated heterocycles. The number of aromatic nitrogens is 2. The Bertz CT molecular complexity index is 466. The number of urea groups is 1. The molecule has 2 heterocycles. The molecule has 0 aromatic carbocycles. The van der Waals surface area contributed by atoms with Gasteiger partial charge in [-0.05, 0) is 19.3 Å². The van der Waals surface area contributed by atoms with Gasteiger partial charge >= 0.3 is 6.03 Å². The fourth-order valence-electron chi connectivity index (χ4n) is 3.31. The number of hydrogen-bond donors (Lipinski definition) is 1. The minimum absolute atomic E-state index is 0.00172. The fourth-order valence-corrected chi connectivity index (χ4v) is 3.31. The van der Waals surface area contributed by atoms with Crippen molar-refractivity contribution in [1.29, 1.82) is 0 Å². The van der Waals surface area contributed by atoms with Crippen LogP contribution in [0.5, 0.6) is 0 Å². The van der Waals surface area contributed by atoms with E-state index in [-0.39, 0.29) is 11.6 Å². The highest BCUT2D eigenvalue weighted by Gasteiger charge is 2.42. The van der Waals surface area contributed by atoms with Gasteiger partial charge in [0.1, 0.15) is 0 Å². The van der Waals surface area contributed by atoms with Gasteiger partial charge in [0.25, 0.3) is 0 Å². The third kappa shape index (κ3) is 3.56. The molecule has 0 unspecified atom stereocenters. The van der Waals surface area contributed by atoms with E-state index in [4.69, 9.17) is 4.74 Å². The van der Waals surface area contributed by atoms with Gasteiger partial charge in [-0.15, -0.1) is 0 Å². The lowest BCUT2D eigenvalue weighted by Gasteiger charge is -2.38. The van der Waals surface area contributed by atoms with Crippen molar-refractivity contribution >= 4 is 6.03 Å². The standard InChI is InChI=1S/C15H26N4O2/c1-4-6-15(12-21-3)7-5-8-19(15)14(20)16-9-13-10-17-18(2)11-13/h10-11H,4-9,12H2,1-3H3,(H,16,20)/t15-/m1/s1. The van der Waals surface area contributed by atoms with E-state index in [1.54, 1.807) is 18.0 Å². The molecule has 0 spiro atoms. The molecule has 0 radical (unpaired) electrons. The van der Waals surface area contributed by atoms with Crippen molar-refractivity contribution in [2.45, 2.75) is 44.7 Å². The van der Waals surface area contributed by atoms with Gasteiger partial charge in [0.2, 0.25) is 0 Å². The summed E-state index contributed by atoms with van der Waals surface area (Å²) in [6, 6.07) is 0.00172. The highest BCUT2D eigenvalue weighted by molar-refractivity contribution is 5.75. The third-order valence-corrected chi connectivity index (χ3v) is 4.17. The van der Waals surface area contributed by atoms with E-state index in [0.717, 1.165) is 37.8 Å². The molecule has 1 aliphatic rings. The van der Waals surface area contributed by atoms with Gasteiger partial charge < -0.3 is 15.0 Å². The second-order valence-electron chi connectivity index (χ2n) is 5.84. The molecule has 1 atom stereocenters. The van der Waals surface area contributed by atoms with Crippen LogP contribution < -0.4 is 5.32 Å². The number of ether oxygens (including phenoxy) is 1. The minimum Gasteiger partial charge on any atom is -0.382 e. The molecule has 2 amide bonds. The van der Waals surface area contributed by atoms with Crippen molar-refractivity contribution in [2.75, 3.05) is 20.3 Å². The van der Waals surface area contributed by atoms with E-state index >= 15 is 0 Å². The smallest absolute Gasteiger partial charge is 0.318 e. The number of methoxy groups -OCH3 is 1. The predicted octanol–water partition coefficient (Wildman–Crippen LogP) is 1.91. The van der Waals surface area contributed by atoms with Crippen LogP contribution >= 0.6 is 0 Å².